The first kappa shape index (κ1) is 12.5. The van der Waals surface area contributed by atoms with E-state index in [1.54, 1.807) is 7.11 Å². The minimum atomic E-state index is 0.574. The summed E-state index contributed by atoms with van der Waals surface area (Å²) in [6, 6.07) is 12.9. The van der Waals surface area contributed by atoms with E-state index in [0.29, 0.717) is 5.41 Å². The molecule has 1 N–H and O–H groups in total. The van der Waals surface area contributed by atoms with Crippen molar-refractivity contribution in [3.8, 4) is 5.75 Å². The van der Waals surface area contributed by atoms with Crippen LogP contribution in [-0.4, -0.2) is 13.7 Å². The molecule has 0 spiro atoms. The average Bonchev–Trinajstić information content (AvgIpc) is 3.16. The molecule has 0 saturated heterocycles. The summed E-state index contributed by atoms with van der Waals surface area (Å²) in [4.78, 5) is 0. The summed E-state index contributed by atoms with van der Waals surface area (Å²) < 4.78 is 5.25. The number of nitrogens with one attached hydrogen (secondary N) is 1. The van der Waals surface area contributed by atoms with Gasteiger partial charge in [0.15, 0.2) is 0 Å². The topological polar surface area (TPSA) is 21.3 Å². The van der Waals surface area contributed by atoms with Crippen molar-refractivity contribution in [3.05, 3.63) is 42.0 Å². The Morgan fingerprint density at radius 1 is 1.11 bits per heavy atom. The van der Waals surface area contributed by atoms with E-state index in [0.717, 1.165) is 18.8 Å². The van der Waals surface area contributed by atoms with Crippen LogP contribution in [0.4, 0.5) is 0 Å². The Balaban J connectivity index is 1.70. The van der Waals surface area contributed by atoms with Gasteiger partial charge in [0.25, 0.3) is 0 Å². The fourth-order valence-corrected chi connectivity index (χ4v) is 2.41. The van der Waals surface area contributed by atoms with Crippen LogP contribution in [0.3, 0.4) is 0 Å². The highest BCUT2D eigenvalue weighted by atomic mass is 16.5. The molecule has 0 atom stereocenters. The quantitative estimate of drug-likeness (QED) is 0.878. The van der Waals surface area contributed by atoms with Gasteiger partial charge >= 0.3 is 0 Å². The fourth-order valence-electron chi connectivity index (χ4n) is 2.41. The molecule has 2 aromatic carbocycles. The summed E-state index contributed by atoms with van der Waals surface area (Å²) in [5, 5.41) is 6.08. The van der Waals surface area contributed by atoms with Gasteiger partial charge in [-0.15, -0.1) is 0 Å². The Hall–Kier alpha value is -1.54. The molecule has 0 unspecified atom stereocenters. The molecule has 1 aliphatic carbocycles. The third-order valence-corrected chi connectivity index (χ3v) is 4.10. The maximum absolute atomic E-state index is 5.25. The highest BCUT2D eigenvalue weighted by Crippen LogP contribution is 2.44. The molecule has 0 radical (unpaired) electrons. The van der Waals surface area contributed by atoms with Crippen molar-refractivity contribution in [1.29, 1.82) is 0 Å². The van der Waals surface area contributed by atoms with Crippen LogP contribution in [0.5, 0.6) is 5.75 Å². The Kier molecular flexibility index (Phi) is 3.19. The van der Waals surface area contributed by atoms with Crippen LogP contribution in [0, 0.1) is 5.41 Å². The number of hydrogen-bond acceptors (Lipinski definition) is 2. The largest absolute Gasteiger partial charge is 0.497 e. The molecular formula is C17H21NO. The lowest BCUT2D eigenvalue weighted by atomic mass is 10.1. The SMILES string of the molecule is COc1ccc2cc(CNCC3(C)CC3)ccc2c1. The van der Waals surface area contributed by atoms with Crippen LogP contribution >= 0.6 is 0 Å². The molecular weight excluding hydrogens is 234 g/mol. The zero-order chi connectivity index (χ0) is 13.3. The molecule has 2 aromatic rings. The molecule has 1 aliphatic rings. The average molecular weight is 255 g/mol. The summed E-state index contributed by atoms with van der Waals surface area (Å²) >= 11 is 0. The van der Waals surface area contributed by atoms with Crippen LogP contribution < -0.4 is 10.1 Å². The van der Waals surface area contributed by atoms with E-state index in [-0.39, 0.29) is 0 Å². The van der Waals surface area contributed by atoms with Crippen molar-refractivity contribution in [2.24, 2.45) is 5.41 Å². The predicted molar refractivity (Wildman–Crippen MR) is 79.5 cm³/mol. The molecule has 19 heavy (non-hydrogen) atoms. The van der Waals surface area contributed by atoms with Gasteiger partial charge in [-0.1, -0.05) is 25.1 Å². The van der Waals surface area contributed by atoms with Crippen LogP contribution in [0.2, 0.25) is 0 Å². The molecule has 0 bridgehead atoms. The van der Waals surface area contributed by atoms with Crippen molar-refractivity contribution in [2.75, 3.05) is 13.7 Å². The van der Waals surface area contributed by atoms with Crippen molar-refractivity contribution in [1.82, 2.24) is 5.32 Å². The Morgan fingerprint density at radius 3 is 2.58 bits per heavy atom. The lowest BCUT2D eigenvalue weighted by Crippen LogP contribution is -2.21. The van der Waals surface area contributed by atoms with Gasteiger partial charge in [-0.25, -0.2) is 0 Å². The Bertz CT molecular complexity index is 587. The second-order valence-electron chi connectivity index (χ2n) is 5.96. The van der Waals surface area contributed by atoms with Crippen LogP contribution in [-0.2, 0) is 6.54 Å². The standard InChI is InChI=1S/C17H21NO/c1-17(7-8-17)12-18-11-13-3-4-15-10-16(19-2)6-5-14(15)9-13/h3-6,9-10,18H,7-8,11-12H2,1-2H3. The second kappa shape index (κ2) is 4.86. The lowest BCUT2D eigenvalue weighted by molar-refractivity contribution is 0.415. The summed E-state index contributed by atoms with van der Waals surface area (Å²) in [5.41, 5.74) is 1.92. The number of hydrogen-bond donors (Lipinski definition) is 1. The summed E-state index contributed by atoms with van der Waals surface area (Å²) in [7, 11) is 1.71. The van der Waals surface area contributed by atoms with Gasteiger partial charge in [0.05, 0.1) is 7.11 Å². The van der Waals surface area contributed by atoms with E-state index in [1.165, 1.54) is 29.2 Å². The number of rotatable bonds is 5. The molecule has 1 saturated carbocycles. The van der Waals surface area contributed by atoms with Gasteiger partial charge in [-0.2, -0.15) is 0 Å². The molecule has 1 fully saturated rings. The first-order valence-electron chi connectivity index (χ1n) is 6.96. The molecule has 2 heteroatoms. The van der Waals surface area contributed by atoms with Gasteiger partial charge in [0, 0.05) is 13.1 Å². The number of benzene rings is 2. The molecule has 0 aliphatic heterocycles. The second-order valence-corrected chi connectivity index (χ2v) is 5.96. The third-order valence-electron chi connectivity index (χ3n) is 4.10. The molecule has 0 amide bonds. The highest BCUT2D eigenvalue weighted by molar-refractivity contribution is 5.84. The van der Waals surface area contributed by atoms with E-state index >= 15 is 0 Å². The maximum Gasteiger partial charge on any atom is 0.119 e. The summed E-state index contributed by atoms with van der Waals surface area (Å²) in [6.45, 7) is 4.44. The molecule has 3 rings (SSSR count). The van der Waals surface area contributed by atoms with E-state index in [9.17, 15) is 0 Å². The van der Waals surface area contributed by atoms with Gasteiger partial charge in [-0.3, -0.25) is 0 Å². The molecule has 2 nitrogen and oxygen atoms in total. The van der Waals surface area contributed by atoms with Gasteiger partial charge in [0.1, 0.15) is 5.75 Å². The lowest BCUT2D eigenvalue weighted by Gasteiger charge is -2.10. The van der Waals surface area contributed by atoms with E-state index in [2.05, 4.69) is 42.6 Å². The monoisotopic (exact) mass is 255 g/mol. The molecule has 0 heterocycles. The summed E-state index contributed by atoms with van der Waals surface area (Å²) in [6.07, 6.45) is 2.75. The van der Waals surface area contributed by atoms with Crippen molar-refractivity contribution in [3.63, 3.8) is 0 Å². The minimum absolute atomic E-state index is 0.574. The van der Waals surface area contributed by atoms with Gasteiger partial charge < -0.3 is 10.1 Å². The molecule has 0 aromatic heterocycles. The van der Waals surface area contributed by atoms with Crippen LogP contribution in [0.15, 0.2) is 36.4 Å². The smallest absolute Gasteiger partial charge is 0.119 e. The third kappa shape index (κ3) is 2.90. The van der Waals surface area contributed by atoms with Gasteiger partial charge in [-0.05, 0) is 52.8 Å². The van der Waals surface area contributed by atoms with Crippen molar-refractivity contribution >= 4 is 10.8 Å². The van der Waals surface area contributed by atoms with Gasteiger partial charge in [0.2, 0.25) is 0 Å². The summed E-state index contributed by atoms with van der Waals surface area (Å²) in [5.74, 6) is 0.917. The number of fused-ring (bicyclic) bond motifs is 1. The fraction of sp³-hybridized carbons (Fsp3) is 0.412. The highest BCUT2D eigenvalue weighted by Gasteiger charge is 2.36. The number of methoxy groups -OCH3 is 1. The Morgan fingerprint density at radius 2 is 1.84 bits per heavy atom. The zero-order valence-corrected chi connectivity index (χ0v) is 11.7. The van der Waals surface area contributed by atoms with Crippen LogP contribution in [0.1, 0.15) is 25.3 Å². The molecule has 100 valence electrons. The van der Waals surface area contributed by atoms with Crippen LogP contribution in [0.25, 0.3) is 10.8 Å². The van der Waals surface area contributed by atoms with E-state index in [1.807, 2.05) is 6.07 Å². The van der Waals surface area contributed by atoms with E-state index < -0.39 is 0 Å². The predicted octanol–water partition coefficient (Wildman–Crippen LogP) is 3.74. The van der Waals surface area contributed by atoms with Crippen molar-refractivity contribution < 1.29 is 4.74 Å². The first-order valence-corrected chi connectivity index (χ1v) is 6.96. The Labute approximate surface area is 114 Å². The zero-order valence-electron chi connectivity index (χ0n) is 11.7. The maximum atomic E-state index is 5.25. The minimum Gasteiger partial charge on any atom is -0.497 e. The normalized spacial score (nSPS) is 16.5. The van der Waals surface area contributed by atoms with Crippen molar-refractivity contribution in [2.45, 2.75) is 26.3 Å². The first-order chi connectivity index (χ1) is 9.18. The number of ether oxygens (including phenoxy) is 1. The van der Waals surface area contributed by atoms with E-state index in [4.69, 9.17) is 4.74 Å².